The number of imidazole rings is 1. The van der Waals surface area contributed by atoms with E-state index in [1.165, 1.54) is 18.2 Å². The number of aryl methyl sites for hydroxylation is 1. The van der Waals surface area contributed by atoms with Crippen LogP contribution in [0.4, 0.5) is 21.8 Å². The van der Waals surface area contributed by atoms with Gasteiger partial charge in [0.05, 0.1) is 18.0 Å². The van der Waals surface area contributed by atoms with Gasteiger partial charge in [-0.05, 0) is 44.0 Å². The summed E-state index contributed by atoms with van der Waals surface area (Å²) in [6.07, 6.45) is 2.34. The van der Waals surface area contributed by atoms with E-state index in [1.54, 1.807) is 24.7 Å². The molecule has 3 aromatic rings. The Balaban J connectivity index is 1.93. The quantitative estimate of drug-likeness (QED) is 0.461. The number of benzene rings is 1. The summed E-state index contributed by atoms with van der Waals surface area (Å²) in [5, 5.41) is 16.7. The van der Waals surface area contributed by atoms with Gasteiger partial charge >= 0.3 is 0 Å². The van der Waals surface area contributed by atoms with Crippen LogP contribution in [0.15, 0.2) is 24.5 Å². The fourth-order valence-corrected chi connectivity index (χ4v) is 3.04. The summed E-state index contributed by atoms with van der Waals surface area (Å²) in [6.45, 7) is 5.74. The predicted molar refractivity (Wildman–Crippen MR) is 108 cm³/mol. The number of aliphatic hydroxyl groups is 1. The minimum atomic E-state index is -0.941. The third kappa shape index (κ3) is 4.14. The number of aromatic nitrogens is 4. The van der Waals surface area contributed by atoms with Gasteiger partial charge in [-0.2, -0.15) is 9.97 Å². The number of halogens is 1. The van der Waals surface area contributed by atoms with Crippen molar-refractivity contribution < 1.29 is 9.50 Å². The third-order valence-corrected chi connectivity index (χ3v) is 4.68. The molecule has 0 aliphatic heterocycles. The van der Waals surface area contributed by atoms with Crippen molar-refractivity contribution in [1.82, 2.24) is 19.5 Å². The lowest BCUT2D eigenvalue weighted by atomic mass is 9.97. The van der Waals surface area contributed by atoms with E-state index < -0.39 is 5.60 Å². The molecule has 0 amide bonds. The van der Waals surface area contributed by atoms with E-state index in [2.05, 4.69) is 25.6 Å². The Labute approximate surface area is 163 Å². The maximum Gasteiger partial charge on any atom is 0.227 e. The zero-order chi connectivity index (χ0) is 20.5. The maximum absolute atomic E-state index is 13.5. The van der Waals surface area contributed by atoms with Crippen LogP contribution in [-0.4, -0.2) is 36.3 Å². The van der Waals surface area contributed by atoms with Crippen molar-refractivity contribution in [3.63, 3.8) is 0 Å². The van der Waals surface area contributed by atoms with Crippen LogP contribution >= 0.6 is 0 Å². The molecule has 150 valence electrons. The molecule has 9 heteroatoms. The number of nitrogen functional groups attached to an aromatic ring is 1. The van der Waals surface area contributed by atoms with Crippen molar-refractivity contribution in [3.8, 4) is 0 Å². The minimum absolute atomic E-state index is 0.232. The van der Waals surface area contributed by atoms with Gasteiger partial charge in [-0.15, -0.1) is 0 Å². The fourth-order valence-electron chi connectivity index (χ4n) is 3.04. The molecule has 0 aliphatic rings. The second kappa shape index (κ2) is 7.59. The van der Waals surface area contributed by atoms with E-state index in [9.17, 15) is 9.50 Å². The highest BCUT2D eigenvalue weighted by atomic mass is 19.1. The first kappa shape index (κ1) is 19.8. The molecule has 5 N–H and O–H groups in total. The first-order valence-electron chi connectivity index (χ1n) is 9.14. The lowest BCUT2D eigenvalue weighted by Gasteiger charge is -2.29. The molecule has 0 spiro atoms. The topological polar surface area (TPSA) is 114 Å². The van der Waals surface area contributed by atoms with Crippen LogP contribution in [0.1, 0.15) is 32.8 Å². The van der Waals surface area contributed by atoms with Crippen LogP contribution in [0.5, 0.6) is 0 Å². The maximum atomic E-state index is 13.5. The minimum Gasteiger partial charge on any atom is -0.398 e. The number of rotatable bonds is 7. The van der Waals surface area contributed by atoms with E-state index in [0.29, 0.717) is 40.6 Å². The largest absolute Gasteiger partial charge is 0.398 e. The van der Waals surface area contributed by atoms with Crippen LogP contribution in [0.2, 0.25) is 0 Å². The second-order valence-electron chi connectivity index (χ2n) is 7.38. The molecular formula is C19H26FN7O. The zero-order valence-corrected chi connectivity index (χ0v) is 16.5. The molecule has 2 aromatic heterocycles. The summed E-state index contributed by atoms with van der Waals surface area (Å²) in [5.74, 6) is 0.525. The molecule has 0 saturated heterocycles. The van der Waals surface area contributed by atoms with E-state index in [0.717, 1.165) is 0 Å². The lowest BCUT2D eigenvalue weighted by molar-refractivity contribution is 0.0577. The Morgan fingerprint density at radius 3 is 2.75 bits per heavy atom. The number of hydrogen-bond donors (Lipinski definition) is 4. The van der Waals surface area contributed by atoms with Crippen molar-refractivity contribution in [2.75, 3.05) is 16.4 Å². The Morgan fingerprint density at radius 2 is 2.07 bits per heavy atom. The lowest BCUT2D eigenvalue weighted by Crippen LogP contribution is -2.41. The number of fused-ring (bicyclic) bond motifs is 1. The SMILES string of the molecule is CCC(Nc1nc(NCc2cc(F)ccc2N)c2ncn(C)c2n1)C(C)(C)O. The normalized spacial score (nSPS) is 12.9. The molecule has 3 rings (SSSR count). The number of hydrogen-bond acceptors (Lipinski definition) is 7. The Morgan fingerprint density at radius 1 is 1.32 bits per heavy atom. The number of nitrogens with one attached hydrogen (secondary N) is 2. The van der Waals surface area contributed by atoms with Crippen LogP contribution in [0.3, 0.4) is 0 Å². The van der Waals surface area contributed by atoms with Gasteiger partial charge in [0.15, 0.2) is 17.0 Å². The summed E-state index contributed by atoms with van der Waals surface area (Å²) in [5.41, 5.74) is 7.34. The van der Waals surface area contributed by atoms with Gasteiger partial charge in [0.25, 0.3) is 0 Å². The first-order valence-corrected chi connectivity index (χ1v) is 9.14. The van der Waals surface area contributed by atoms with Crippen LogP contribution in [0, 0.1) is 5.82 Å². The molecular weight excluding hydrogens is 361 g/mol. The van der Waals surface area contributed by atoms with E-state index >= 15 is 0 Å². The Bertz CT molecular complexity index is 980. The van der Waals surface area contributed by atoms with Crippen LogP contribution in [0.25, 0.3) is 11.2 Å². The highest BCUT2D eigenvalue weighted by Gasteiger charge is 2.26. The summed E-state index contributed by atoms with van der Waals surface area (Å²) < 4.78 is 15.3. The average Bonchev–Trinajstić information content (AvgIpc) is 3.00. The Kier molecular flexibility index (Phi) is 5.37. The highest BCUT2D eigenvalue weighted by Crippen LogP contribution is 2.24. The van der Waals surface area contributed by atoms with Gasteiger partial charge in [-0.25, -0.2) is 9.37 Å². The predicted octanol–water partition coefficient (Wildman–Crippen LogP) is 2.66. The fraction of sp³-hybridized carbons (Fsp3) is 0.421. The molecule has 0 saturated carbocycles. The summed E-state index contributed by atoms with van der Waals surface area (Å²) >= 11 is 0. The summed E-state index contributed by atoms with van der Waals surface area (Å²) in [6, 6.07) is 4.01. The van der Waals surface area contributed by atoms with Crippen molar-refractivity contribution in [2.45, 2.75) is 45.4 Å². The van der Waals surface area contributed by atoms with Crippen LogP contribution < -0.4 is 16.4 Å². The van der Waals surface area contributed by atoms with Crippen molar-refractivity contribution >= 4 is 28.6 Å². The highest BCUT2D eigenvalue weighted by molar-refractivity contribution is 5.84. The molecule has 1 unspecified atom stereocenters. The van der Waals surface area contributed by atoms with Gasteiger partial charge in [-0.3, -0.25) is 0 Å². The van der Waals surface area contributed by atoms with Crippen molar-refractivity contribution in [1.29, 1.82) is 0 Å². The van der Waals surface area contributed by atoms with Crippen molar-refractivity contribution in [2.24, 2.45) is 7.05 Å². The Hall–Kier alpha value is -2.94. The zero-order valence-electron chi connectivity index (χ0n) is 16.5. The first-order chi connectivity index (χ1) is 13.2. The molecule has 28 heavy (non-hydrogen) atoms. The van der Waals surface area contributed by atoms with Gasteiger partial charge in [-0.1, -0.05) is 6.92 Å². The monoisotopic (exact) mass is 387 g/mol. The van der Waals surface area contributed by atoms with E-state index in [4.69, 9.17) is 5.73 Å². The van der Waals surface area contributed by atoms with Gasteiger partial charge in [0, 0.05) is 19.3 Å². The molecule has 0 bridgehead atoms. The molecule has 1 aromatic carbocycles. The second-order valence-corrected chi connectivity index (χ2v) is 7.38. The van der Waals surface area contributed by atoms with Crippen LogP contribution in [-0.2, 0) is 13.6 Å². The number of nitrogens with two attached hydrogens (primary N) is 1. The smallest absolute Gasteiger partial charge is 0.227 e. The van der Waals surface area contributed by atoms with E-state index in [1.807, 2.05) is 14.0 Å². The summed E-state index contributed by atoms with van der Waals surface area (Å²) in [4.78, 5) is 13.4. The molecule has 1 atom stereocenters. The molecule has 0 fully saturated rings. The van der Waals surface area contributed by atoms with E-state index in [-0.39, 0.29) is 18.4 Å². The standard InChI is InChI=1S/C19H26FN7O/c1-5-14(19(2,3)28)24-18-25-16(15-17(26-18)27(4)10-23-15)22-9-11-8-12(20)6-7-13(11)21/h6-8,10,14,28H,5,9,21H2,1-4H3,(H2,22,24,25,26). The molecule has 0 radical (unpaired) electrons. The molecule has 8 nitrogen and oxygen atoms in total. The van der Waals surface area contributed by atoms with Gasteiger partial charge in [0.1, 0.15) is 5.82 Å². The van der Waals surface area contributed by atoms with Crippen molar-refractivity contribution in [3.05, 3.63) is 35.9 Å². The third-order valence-electron chi connectivity index (χ3n) is 4.68. The molecule has 2 heterocycles. The number of anilines is 3. The number of nitrogens with zero attached hydrogens (tertiary/aromatic N) is 4. The average molecular weight is 387 g/mol. The van der Waals surface area contributed by atoms with Gasteiger partial charge in [0.2, 0.25) is 5.95 Å². The van der Waals surface area contributed by atoms with Gasteiger partial charge < -0.3 is 26.0 Å². The summed E-state index contributed by atoms with van der Waals surface area (Å²) in [7, 11) is 1.84. The molecule has 0 aliphatic carbocycles.